The van der Waals surface area contributed by atoms with Gasteiger partial charge >= 0.3 is 0 Å². The van der Waals surface area contributed by atoms with Gasteiger partial charge in [-0.25, -0.2) is 18.7 Å². The van der Waals surface area contributed by atoms with E-state index in [0.717, 1.165) is 37.4 Å². The SMILES string of the molecule is COc1cc(OC)c(F)c(CCc2cnc3[nH]c(-c4ccc(N5CCN(C)CC5)cc4)cc3n2)c1F. The smallest absolute Gasteiger partial charge is 0.171 e. The number of hydrogen-bond acceptors (Lipinski definition) is 6. The van der Waals surface area contributed by atoms with E-state index in [1.807, 2.05) is 6.07 Å². The minimum absolute atomic E-state index is 0.0568. The number of nitrogens with zero attached hydrogens (tertiary/aromatic N) is 4. The van der Waals surface area contributed by atoms with Crippen LogP contribution in [0.3, 0.4) is 0 Å². The van der Waals surface area contributed by atoms with E-state index in [9.17, 15) is 8.78 Å². The molecule has 36 heavy (non-hydrogen) atoms. The fraction of sp³-hybridized carbons (Fsp3) is 0.333. The first-order valence-electron chi connectivity index (χ1n) is 11.9. The molecule has 0 aliphatic carbocycles. The Bertz CT molecular complexity index is 1340. The fourth-order valence-corrected chi connectivity index (χ4v) is 4.54. The second-order valence-electron chi connectivity index (χ2n) is 9.00. The van der Waals surface area contributed by atoms with Crippen LogP contribution in [0.1, 0.15) is 11.3 Å². The molecule has 1 aliphatic rings. The largest absolute Gasteiger partial charge is 0.494 e. The van der Waals surface area contributed by atoms with Crippen molar-refractivity contribution in [3.63, 3.8) is 0 Å². The van der Waals surface area contributed by atoms with Crippen LogP contribution in [-0.2, 0) is 12.8 Å². The average Bonchev–Trinajstić information content (AvgIpc) is 3.33. The molecule has 9 heteroatoms. The second-order valence-corrected chi connectivity index (χ2v) is 9.00. The van der Waals surface area contributed by atoms with Gasteiger partial charge in [0.05, 0.1) is 26.1 Å². The van der Waals surface area contributed by atoms with E-state index in [-0.39, 0.29) is 23.5 Å². The topological polar surface area (TPSA) is 66.5 Å². The molecule has 2 aromatic carbocycles. The molecule has 1 fully saturated rings. The lowest BCUT2D eigenvalue weighted by molar-refractivity contribution is 0.313. The maximum absolute atomic E-state index is 14.7. The molecule has 5 rings (SSSR count). The van der Waals surface area contributed by atoms with Crippen molar-refractivity contribution >= 4 is 16.9 Å². The van der Waals surface area contributed by atoms with Gasteiger partial charge in [0.25, 0.3) is 0 Å². The van der Waals surface area contributed by atoms with Gasteiger partial charge < -0.3 is 24.3 Å². The predicted octanol–water partition coefficient (Wildman–Crippen LogP) is 4.46. The van der Waals surface area contributed by atoms with Gasteiger partial charge in [0, 0.05) is 49.2 Å². The maximum atomic E-state index is 14.7. The van der Waals surface area contributed by atoms with E-state index in [0.29, 0.717) is 23.3 Å². The molecule has 1 saturated heterocycles. The number of methoxy groups -OCH3 is 2. The van der Waals surface area contributed by atoms with Crippen LogP contribution >= 0.6 is 0 Å². The Kier molecular flexibility index (Phi) is 6.73. The van der Waals surface area contributed by atoms with Crippen molar-refractivity contribution in [2.75, 3.05) is 52.3 Å². The van der Waals surface area contributed by atoms with Gasteiger partial charge in [-0.3, -0.25) is 0 Å². The zero-order chi connectivity index (χ0) is 25.2. The summed E-state index contributed by atoms with van der Waals surface area (Å²) in [5, 5.41) is 0. The summed E-state index contributed by atoms with van der Waals surface area (Å²) in [6, 6.07) is 11.6. The van der Waals surface area contributed by atoms with Crippen molar-refractivity contribution in [3.8, 4) is 22.8 Å². The highest BCUT2D eigenvalue weighted by atomic mass is 19.1. The highest BCUT2D eigenvalue weighted by Crippen LogP contribution is 2.32. The third-order valence-electron chi connectivity index (χ3n) is 6.73. The van der Waals surface area contributed by atoms with Crippen LogP contribution in [-0.4, -0.2) is 67.3 Å². The number of anilines is 1. The van der Waals surface area contributed by atoms with Crippen LogP contribution in [0.15, 0.2) is 42.6 Å². The first-order chi connectivity index (χ1) is 17.5. The summed E-state index contributed by atoms with van der Waals surface area (Å²) in [4.78, 5) is 17.2. The normalized spacial score (nSPS) is 14.4. The van der Waals surface area contributed by atoms with Crippen molar-refractivity contribution in [1.82, 2.24) is 19.9 Å². The average molecular weight is 494 g/mol. The molecule has 0 unspecified atom stereocenters. The number of piperazine rings is 1. The van der Waals surface area contributed by atoms with Crippen molar-refractivity contribution in [2.24, 2.45) is 0 Å². The molecular weight excluding hydrogens is 464 g/mol. The number of aryl methyl sites for hydroxylation is 1. The predicted molar refractivity (Wildman–Crippen MR) is 136 cm³/mol. The lowest BCUT2D eigenvalue weighted by Crippen LogP contribution is -2.44. The minimum atomic E-state index is -0.728. The minimum Gasteiger partial charge on any atom is -0.494 e. The summed E-state index contributed by atoms with van der Waals surface area (Å²) in [6.45, 7) is 4.17. The van der Waals surface area contributed by atoms with Crippen LogP contribution in [0.2, 0.25) is 0 Å². The summed E-state index contributed by atoms with van der Waals surface area (Å²) in [5.74, 6) is -1.57. The van der Waals surface area contributed by atoms with Crippen molar-refractivity contribution in [1.29, 1.82) is 0 Å². The number of nitrogens with one attached hydrogen (secondary N) is 1. The first-order valence-corrected chi connectivity index (χ1v) is 11.9. The summed E-state index contributed by atoms with van der Waals surface area (Å²) >= 11 is 0. The fourth-order valence-electron chi connectivity index (χ4n) is 4.54. The Hall–Kier alpha value is -3.72. The van der Waals surface area contributed by atoms with E-state index < -0.39 is 11.6 Å². The third kappa shape index (κ3) is 4.70. The van der Waals surface area contributed by atoms with Crippen molar-refractivity contribution in [3.05, 3.63) is 65.5 Å². The molecule has 1 aliphatic heterocycles. The Labute approximate surface area is 208 Å². The number of likely N-dealkylation sites (N-methyl/N-ethyl adjacent to an activating group) is 1. The molecule has 0 amide bonds. The molecule has 3 heterocycles. The monoisotopic (exact) mass is 493 g/mol. The highest BCUT2D eigenvalue weighted by Gasteiger charge is 2.20. The van der Waals surface area contributed by atoms with Gasteiger partial charge in [-0.05, 0) is 43.7 Å². The molecule has 0 atom stereocenters. The Balaban J connectivity index is 1.33. The van der Waals surface area contributed by atoms with Gasteiger partial charge in [-0.1, -0.05) is 12.1 Å². The van der Waals surface area contributed by atoms with Gasteiger partial charge in [0.2, 0.25) is 0 Å². The summed E-state index contributed by atoms with van der Waals surface area (Å²) in [7, 11) is 4.82. The number of hydrogen-bond donors (Lipinski definition) is 1. The number of aromatic nitrogens is 3. The summed E-state index contributed by atoms with van der Waals surface area (Å²) < 4.78 is 39.4. The van der Waals surface area contributed by atoms with Crippen molar-refractivity contribution < 1.29 is 18.3 Å². The number of benzene rings is 2. The molecule has 188 valence electrons. The third-order valence-corrected chi connectivity index (χ3v) is 6.73. The molecule has 4 aromatic rings. The first kappa shape index (κ1) is 24.0. The molecular formula is C27H29F2N5O2. The van der Waals surface area contributed by atoms with Crippen molar-refractivity contribution in [2.45, 2.75) is 12.8 Å². The second kappa shape index (κ2) is 10.1. The number of ether oxygens (including phenoxy) is 2. The van der Waals surface area contributed by atoms with Gasteiger partial charge in [0.15, 0.2) is 28.8 Å². The van der Waals surface area contributed by atoms with Gasteiger partial charge in [-0.15, -0.1) is 0 Å². The van der Waals surface area contributed by atoms with E-state index in [2.05, 4.69) is 56.1 Å². The summed E-state index contributed by atoms with van der Waals surface area (Å²) in [6.07, 6.45) is 2.04. The number of rotatable bonds is 7. The van der Waals surface area contributed by atoms with E-state index in [1.54, 1.807) is 6.20 Å². The number of aromatic amines is 1. The molecule has 2 aromatic heterocycles. The molecule has 7 nitrogen and oxygen atoms in total. The van der Waals surface area contributed by atoms with Gasteiger partial charge in [-0.2, -0.15) is 0 Å². The Morgan fingerprint density at radius 3 is 2.22 bits per heavy atom. The number of halogens is 2. The standard InChI is InChI=1S/C27H29F2N5O2/c1-33-10-12-34(13-11-33)19-7-4-17(5-8-19)21-14-22-27(32-21)30-16-18(31-22)6-9-20-25(28)23(35-2)15-24(36-3)26(20)29/h4-5,7-8,14-16H,6,9-13H2,1-3H3,(H,30,32). The maximum Gasteiger partial charge on any atom is 0.171 e. The Morgan fingerprint density at radius 1 is 0.917 bits per heavy atom. The van der Waals surface area contributed by atoms with E-state index >= 15 is 0 Å². The van der Waals surface area contributed by atoms with Crippen LogP contribution in [0.25, 0.3) is 22.4 Å². The van der Waals surface area contributed by atoms with Crippen LogP contribution in [0.4, 0.5) is 14.5 Å². The quantitative estimate of drug-likeness (QED) is 0.410. The Morgan fingerprint density at radius 2 is 1.58 bits per heavy atom. The van der Waals surface area contributed by atoms with Crippen LogP contribution < -0.4 is 14.4 Å². The molecule has 1 N–H and O–H groups in total. The molecule has 0 saturated carbocycles. The zero-order valence-corrected chi connectivity index (χ0v) is 20.6. The lowest BCUT2D eigenvalue weighted by Gasteiger charge is -2.34. The van der Waals surface area contributed by atoms with E-state index in [1.165, 1.54) is 26.0 Å². The number of fused-ring (bicyclic) bond motifs is 1. The van der Waals surface area contributed by atoms with Crippen LogP contribution in [0, 0.1) is 11.6 Å². The summed E-state index contributed by atoms with van der Waals surface area (Å²) in [5.41, 5.74) is 5.09. The van der Waals surface area contributed by atoms with Crippen LogP contribution in [0.5, 0.6) is 11.5 Å². The van der Waals surface area contributed by atoms with Gasteiger partial charge in [0.1, 0.15) is 5.52 Å². The van der Waals surface area contributed by atoms with E-state index in [4.69, 9.17) is 9.47 Å². The number of H-pyrrole nitrogens is 1. The molecule has 0 spiro atoms. The molecule has 0 bridgehead atoms. The molecule has 0 radical (unpaired) electrons. The highest BCUT2D eigenvalue weighted by molar-refractivity contribution is 5.80. The zero-order valence-electron chi connectivity index (χ0n) is 20.6. The lowest BCUT2D eigenvalue weighted by atomic mass is 10.1.